The summed E-state index contributed by atoms with van der Waals surface area (Å²) in [5.74, 6) is 1.97. The Morgan fingerprint density at radius 1 is 1.32 bits per heavy atom. The van der Waals surface area contributed by atoms with E-state index in [4.69, 9.17) is 4.74 Å². The Bertz CT molecular complexity index is 767. The van der Waals surface area contributed by atoms with Gasteiger partial charge in [-0.3, -0.25) is 4.79 Å². The molecule has 134 valence electrons. The molecule has 4 rings (SSSR count). The number of rotatable bonds is 4. The number of thiophene rings is 1. The van der Waals surface area contributed by atoms with Crippen LogP contribution in [-0.4, -0.2) is 33.8 Å². The van der Waals surface area contributed by atoms with E-state index in [-0.39, 0.29) is 11.9 Å². The first-order valence-electron chi connectivity index (χ1n) is 9.06. The van der Waals surface area contributed by atoms with Crippen LogP contribution in [0.25, 0.3) is 0 Å². The third kappa shape index (κ3) is 3.35. The Kier molecular flexibility index (Phi) is 4.85. The van der Waals surface area contributed by atoms with E-state index in [0.717, 1.165) is 55.2 Å². The van der Waals surface area contributed by atoms with Crippen molar-refractivity contribution in [1.82, 2.24) is 20.1 Å². The molecule has 0 bridgehead atoms. The van der Waals surface area contributed by atoms with Crippen molar-refractivity contribution in [3.63, 3.8) is 0 Å². The average Bonchev–Trinajstić information content (AvgIpc) is 3.16. The molecule has 2 aromatic heterocycles. The molecule has 3 heterocycles. The summed E-state index contributed by atoms with van der Waals surface area (Å²) in [6.07, 6.45) is 7.27. The van der Waals surface area contributed by atoms with Crippen LogP contribution in [0.5, 0.6) is 0 Å². The third-order valence-electron chi connectivity index (χ3n) is 5.24. The quantitative estimate of drug-likeness (QED) is 0.910. The van der Waals surface area contributed by atoms with E-state index in [9.17, 15) is 4.79 Å². The van der Waals surface area contributed by atoms with Crippen LogP contribution in [0.3, 0.4) is 0 Å². The Hall–Kier alpha value is -1.73. The first kappa shape index (κ1) is 16.7. The second-order valence-corrected chi connectivity index (χ2v) is 7.77. The van der Waals surface area contributed by atoms with Gasteiger partial charge in [0, 0.05) is 26.1 Å². The van der Waals surface area contributed by atoms with Crippen molar-refractivity contribution in [2.75, 3.05) is 7.11 Å². The predicted molar refractivity (Wildman–Crippen MR) is 95.9 cm³/mol. The van der Waals surface area contributed by atoms with Crippen molar-refractivity contribution in [3.05, 3.63) is 33.0 Å². The summed E-state index contributed by atoms with van der Waals surface area (Å²) in [7, 11) is 1.67. The molecule has 25 heavy (non-hydrogen) atoms. The molecule has 0 fully saturated rings. The monoisotopic (exact) mass is 360 g/mol. The maximum atomic E-state index is 12.8. The minimum Gasteiger partial charge on any atom is -0.377 e. The normalized spacial score (nSPS) is 19.8. The van der Waals surface area contributed by atoms with Crippen LogP contribution in [0.4, 0.5) is 0 Å². The summed E-state index contributed by atoms with van der Waals surface area (Å²) in [5.41, 5.74) is 2.68. The van der Waals surface area contributed by atoms with Gasteiger partial charge >= 0.3 is 0 Å². The van der Waals surface area contributed by atoms with Gasteiger partial charge in [-0.2, -0.15) is 0 Å². The predicted octanol–water partition coefficient (Wildman–Crippen LogP) is 2.50. The van der Waals surface area contributed by atoms with Gasteiger partial charge in [-0.15, -0.1) is 21.5 Å². The molecule has 0 aromatic carbocycles. The SMILES string of the molecule is COCc1nnc2n1CCC(NC(=O)c1scc3c1CCCC3)CC2. The first-order valence-corrected chi connectivity index (χ1v) is 9.94. The summed E-state index contributed by atoms with van der Waals surface area (Å²) in [6, 6.07) is 0.186. The summed E-state index contributed by atoms with van der Waals surface area (Å²) < 4.78 is 7.34. The van der Waals surface area contributed by atoms with Gasteiger partial charge in [-0.1, -0.05) is 0 Å². The highest BCUT2D eigenvalue weighted by Gasteiger charge is 2.25. The van der Waals surface area contributed by atoms with Crippen LogP contribution in [0, 0.1) is 0 Å². The Labute approximate surface area is 151 Å². The number of aromatic nitrogens is 3. The number of methoxy groups -OCH3 is 1. The number of ether oxygens (including phenoxy) is 1. The summed E-state index contributed by atoms with van der Waals surface area (Å²) in [4.78, 5) is 13.7. The lowest BCUT2D eigenvalue weighted by Gasteiger charge is -2.17. The fourth-order valence-corrected chi connectivity index (χ4v) is 4.95. The number of nitrogens with zero attached hydrogens (tertiary/aromatic N) is 3. The van der Waals surface area contributed by atoms with E-state index in [1.165, 1.54) is 24.0 Å². The molecule has 6 nitrogen and oxygen atoms in total. The van der Waals surface area contributed by atoms with Crippen LogP contribution in [0.15, 0.2) is 5.38 Å². The second kappa shape index (κ2) is 7.25. The lowest BCUT2D eigenvalue weighted by molar-refractivity contribution is 0.0936. The van der Waals surface area contributed by atoms with E-state index in [1.54, 1.807) is 18.4 Å². The number of aryl methyl sites for hydroxylation is 2. The molecule has 0 spiro atoms. The van der Waals surface area contributed by atoms with Crippen LogP contribution < -0.4 is 5.32 Å². The Balaban J connectivity index is 1.42. The van der Waals surface area contributed by atoms with Crippen LogP contribution in [-0.2, 0) is 37.2 Å². The van der Waals surface area contributed by atoms with Crippen molar-refractivity contribution in [3.8, 4) is 0 Å². The number of hydrogen-bond donors (Lipinski definition) is 1. The van der Waals surface area contributed by atoms with Gasteiger partial charge in [0.2, 0.25) is 0 Å². The zero-order valence-corrected chi connectivity index (χ0v) is 15.4. The molecule has 2 aromatic rings. The molecule has 0 radical (unpaired) electrons. The van der Waals surface area contributed by atoms with Gasteiger partial charge in [-0.05, 0) is 55.0 Å². The topological polar surface area (TPSA) is 69.0 Å². The minimum atomic E-state index is 0.105. The molecule has 0 saturated heterocycles. The molecule has 1 aliphatic carbocycles. The van der Waals surface area contributed by atoms with Crippen LogP contribution >= 0.6 is 11.3 Å². The standard InChI is InChI=1S/C18H24N4O2S/c1-24-10-16-21-20-15-7-6-13(8-9-22(15)16)19-18(23)17-14-5-3-2-4-12(14)11-25-17/h11,13H,2-10H2,1H3,(H,19,23). The number of fused-ring (bicyclic) bond motifs is 2. The third-order valence-corrected chi connectivity index (χ3v) is 6.31. The zero-order valence-electron chi connectivity index (χ0n) is 14.6. The number of carbonyl (C=O) groups is 1. The molecular weight excluding hydrogens is 336 g/mol. The van der Waals surface area contributed by atoms with E-state index in [2.05, 4.69) is 25.5 Å². The maximum absolute atomic E-state index is 12.8. The lowest BCUT2D eigenvalue weighted by atomic mass is 9.93. The lowest BCUT2D eigenvalue weighted by Crippen LogP contribution is -2.35. The van der Waals surface area contributed by atoms with Gasteiger partial charge in [-0.25, -0.2) is 0 Å². The van der Waals surface area contributed by atoms with Crippen LogP contribution in [0.2, 0.25) is 0 Å². The molecule has 1 N–H and O–H groups in total. The van der Waals surface area contributed by atoms with Gasteiger partial charge in [0.1, 0.15) is 12.4 Å². The Morgan fingerprint density at radius 3 is 3.08 bits per heavy atom. The molecule has 2 aliphatic rings. The van der Waals surface area contributed by atoms with Crippen molar-refractivity contribution in [2.24, 2.45) is 0 Å². The van der Waals surface area contributed by atoms with Gasteiger partial charge in [0.15, 0.2) is 5.82 Å². The maximum Gasteiger partial charge on any atom is 0.261 e. The summed E-state index contributed by atoms with van der Waals surface area (Å²) in [5, 5.41) is 13.9. The average molecular weight is 360 g/mol. The van der Waals surface area contributed by atoms with Crippen LogP contribution in [0.1, 0.15) is 58.1 Å². The van der Waals surface area contributed by atoms with Gasteiger partial charge < -0.3 is 14.6 Å². The van der Waals surface area contributed by atoms with E-state index in [0.29, 0.717) is 6.61 Å². The number of carbonyl (C=O) groups excluding carboxylic acids is 1. The van der Waals surface area contributed by atoms with Gasteiger partial charge in [0.25, 0.3) is 5.91 Å². The molecule has 1 aliphatic heterocycles. The molecule has 1 unspecified atom stereocenters. The smallest absolute Gasteiger partial charge is 0.261 e. The van der Waals surface area contributed by atoms with Gasteiger partial charge in [0.05, 0.1) is 4.88 Å². The van der Waals surface area contributed by atoms with Crippen molar-refractivity contribution in [1.29, 1.82) is 0 Å². The minimum absolute atomic E-state index is 0.105. The fraction of sp³-hybridized carbons (Fsp3) is 0.611. The highest BCUT2D eigenvalue weighted by molar-refractivity contribution is 7.12. The second-order valence-electron chi connectivity index (χ2n) is 6.89. The van der Waals surface area contributed by atoms with E-state index >= 15 is 0 Å². The Morgan fingerprint density at radius 2 is 2.20 bits per heavy atom. The highest BCUT2D eigenvalue weighted by atomic mass is 32.1. The van der Waals surface area contributed by atoms with Crippen molar-refractivity contribution in [2.45, 2.75) is 64.1 Å². The summed E-state index contributed by atoms with van der Waals surface area (Å²) >= 11 is 1.61. The summed E-state index contributed by atoms with van der Waals surface area (Å²) in [6.45, 7) is 1.31. The number of nitrogens with one attached hydrogen (secondary N) is 1. The largest absolute Gasteiger partial charge is 0.377 e. The molecule has 7 heteroatoms. The number of amides is 1. The molecule has 1 atom stereocenters. The number of hydrogen-bond acceptors (Lipinski definition) is 5. The molecule has 0 saturated carbocycles. The molecular formula is C18H24N4O2S. The van der Waals surface area contributed by atoms with E-state index in [1.807, 2.05) is 0 Å². The van der Waals surface area contributed by atoms with Crippen molar-refractivity contribution >= 4 is 17.2 Å². The zero-order chi connectivity index (χ0) is 17.2. The molecule has 1 amide bonds. The van der Waals surface area contributed by atoms with Crippen molar-refractivity contribution < 1.29 is 9.53 Å². The fourth-order valence-electron chi connectivity index (χ4n) is 3.89. The van der Waals surface area contributed by atoms with E-state index < -0.39 is 0 Å². The first-order chi connectivity index (χ1) is 12.3. The highest BCUT2D eigenvalue weighted by Crippen LogP contribution is 2.30.